The van der Waals surface area contributed by atoms with Crippen molar-refractivity contribution in [2.45, 2.75) is 380 Å². The van der Waals surface area contributed by atoms with Crippen LogP contribution in [0.3, 0.4) is 0 Å². The molecule has 17 nitrogen and oxygen atoms in total. The fraction of sp³-hybridized carbons (Fsp3) is 0.802. The Morgan fingerprint density at radius 2 is 0.520 bits per heavy atom. The first-order chi connectivity index (χ1) is 48.7. The van der Waals surface area contributed by atoms with E-state index >= 15 is 0 Å². The highest BCUT2D eigenvalue weighted by Gasteiger charge is 2.30. The minimum Gasteiger partial charge on any atom is -0.462 e. The zero-order valence-electron chi connectivity index (χ0n) is 63.6. The van der Waals surface area contributed by atoms with E-state index in [1.807, 2.05) is 0 Å². The molecule has 0 aromatic carbocycles. The number of carbonyl (C=O) groups is 4. The third-order valence-corrected chi connectivity index (χ3v) is 19.1. The van der Waals surface area contributed by atoms with E-state index in [9.17, 15) is 43.2 Å². The molecule has 0 aliphatic rings. The van der Waals surface area contributed by atoms with Gasteiger partial charge in [0.05, 0.1) is 26.4 Å². The van der Waals surface area contributed by atoms with Gasteiger partial charge in [0.15, 0.2) is 12.2 Å². The molecular weight excluding hydrogens is 1310 g/mol. The summed E-state index contributed by atoms with van der Waals surface area (Å²) in [7, 11) is -9.94. The number of phosphoric ester groups is 2. The molecule has 582 valence electrons. The van der Waals surface area contributed by atoms with Crippen LogP contribution >= 0.6 is 15.6 Å². The highest BCUT2D eigenvalue weighted by atomic mass is 31.2. The van der Waals surface area contributed by atoms with Crippen LogP contribution in [0.15, 0.2) is 72.9 Å². The fourth-order valence-corrected chi connectivity index (χ4v) is 12.6. The van der Waals surface area contributed by atoms with Gasteiger partial charge in [0.2, 0.25) is 0 Å². The lowest BCUT2D eigenvalue weighted by Crippen LogP contribution is -2.30. The summed E-state index contributed by atoms with van der Waals surface area (Å²) >= 11 is 0. The number of aliphatic hydroxyl groups excluding tert-OH is 1. The van der Waals surface area contributed by atoms with E-state index in [0.29, 0.717) is 25.7 Å². The molecule has 0 amide bonds. The van der Waals surface area contributed by atoms with Crippen LogP contribution in [0.4, 0.5) is 0 Å². The van der Waals surface area contributed by atoms with Crippen molar-refractivity contribution < 1.29 is 80.2 Å². The second-order valence-corrected chi connectivity index (χ2v) is 29.9. The van der Waals surface area contributed by atoms with Gasteiger partial charge >= 0.3 is 39.5 Å². The van der Waals surface area contributed by atoms with E-state index < -0.39 is 97.5 Å². The first kappa shape index (κ1) is 96.5. The average Bonchev–Trinajstić information content (AvgIpc) is 0.946. The summed E-state index contributed by atoms with van der Waals surface area (Å²) < 4.78 is 68.6. The second kappa shape index (κ2) is 73.8. The predicted molar refractivity (Wildman–Crippen MR) is 409 cm³/mol. The summed E-state index contributed by atoms with van der Waals surface area (Å²) in [6, 6.07) is 0. The molecule has 0 fully saturated rings. The molecule has 0 aliphatic heterocycles. The molecule has 0 saturated heterocycles. The van der Waals surface area contributed by atoms with Crippen molar-refractivity contribution in [1.82, 2.24) is 0 Å². The second-order valence-electron chi connectivity index (χ2n) is 27.0. The molecule has 0 aromatic heterocycles. The van der Waals surface area contributed by atoms with Gasteiger partial charge in [-0.25, -0.2) is 9.13 Å². The Hall–Kier alpha value is -3.50. The van der Waals surface area contributed by atoms with E-state index in [0.717, 1.165) is 154 Å². The number of aliphatic hydroxyl groups is 1. The highest BCUT2D eigenvalue weighted by molar-refractivity contribution is 7.47. The normalized spacial score (nSPS) is 14.3. The van der Waals surface area contributed by atoms with Gasteiger partial charge < -0.3 is 33.8 Å². The molecule has 3 N–H and O–H groups in total. The van der Waals surface area contributed by atoms with Gasteiger partial charge in [-0.3, -0.25) is 37.3 Å². The molecule has 5 unspecified atom stereocenters. The zero-order valence-corrected chi connectivity index (χ0v) is 65.4. The van der Waals surface area contributed by atoms with Crippen LogP contribution in [0.5, 0.6) is 0 Å². The smallest absolute Gasteiger partial charge is 0.462 e. The quantitative estimate of drug-likeness (QED) is 0.0169. The van der Waals surface area contributed by atoms with Gasteiger partial charge in [0.25, 0.3) is 0 Å². The Morgan fingerprint density at radius 1 is 0.290 bits per heavy atom. The SMILES string of the molecule is CC/C=C\C/C=C\C/C=C\C/C=C\CCCCCCCCC(=O)OCC(COP(=O)(O)OCC(O)COP(=O)(O)OCC(COC(=O)CCCCCCCCCCCCCCC)OC(=O)CCCCCCCCCCCCCCC)OC(=O)CCCCCCC/C=C\C/C=C\CCCCC. The Bertz CT molecular complexity index is 2180. The van der Waals surface area contributed by atoms with Crippen LogP contribution in [0, 0.1) is 0 Å². The molecule has 100 heavy (non-hydrogen) atoms. The number of hydrogen-bond donors (Lipinski definition) is 3. The largest absolute Gasteiger partial charge is 0.472 e. The molecule has 0 saturated carbocycles. The van der Waals surface area contributed by atoms with Gasteiger partial charge in [0.1, 0.15) is 19.3 Å². The van der Waals surface area contributed by atoms with Crippen molar-refractivity contribution >= 4 is 39.5 Å². The minimum atomic E-state index is -4.98. The lowest BCUT2D eigenvalue weighted by atomic mass is 10.0. The van der Waals surface area contributed by atoms with Crippen LogP contribution in [0.25, 0.3) is 0 Å². The maximum absolute atomic E-state index is 13.1. The molecular formula is C81H146O17P2. The predicted octanol–water partition coefficient (Wildman–Crippen LogP) is 23.2. The van der Waals surface area contributed by atoms with Crippen molar-refractivity contribution in [2.24, 2.45) is 0 Å². The van der Waals surface area contributed by atoms with E-state index in [4.69, 9.17) is 37.0 Å². The van der Waals surface area contributed by atoms with Gasteiger partial charge in [-0.1, -0.05) is 312 Å². The molecule has 0 heterocycles. The molecule has 0 aromatic rings. The van der Waals surface area contributed by atoms with Gasteiger partial charge in [-0.2, -0.15) is 0 Å². The lowest BCUT2D eigenvalue weighted by Gasteiger charge is -2.21. The van der Waals surface area contributed by atoms with E-state index in [2.05, 4.69) is 101 Å². The van der Waals surface area contributed by atoms with Gasteiger partial charge in [-0.05, 0) is 96.3 Å². The van der Waals surface area contributed by atoms with E-state index in [1.54, 1.807) is 0 Å². The van der Waals surface area contributed by atoms with Gasteiger partial charge in [0, 0.05) is 25.7 Å². The summed E-state index contributed by atoms with van der Waals surface area (Å²) in [5, 5.41) is 10.6. The number of rotatable bonds is 76. The minimum absolute atomic E-state index is 0.0780. The maximum Gasteiger partial charge on any atom is 0.472 e. The van der Waals surface area contributed by atoms with Crippen LogP contribution in [0.1, 0.15) is 362 Å². The first-order valence-electron chi connectivity index (χ1n) is 40.2. The third-order valence-electron chi connectivity index (χ3n) is 17.2. The average molecular weight is 1450 g/mol. The van der Waals surface area contributed by atoms with Crippen molar-refractivity contribution in [3.05, 3.63) is 72.9 Å². The van der Waals surface area contributed by atoms with Crippen LogP contribution in [0.2, 0.25) is 0 Å². The van der Waals surface area contributed by atoms with Crippen molar-refractivity contribution in [2.75, 3.05) is 39.6 Å². The summed E-state index contributed by atoms with van der Waals surface area (Å²) in [5.41, 5.74) is 0. The first-order valence-corrected chi connectivity index (χ1v) is 43.2. The monoisotopic (exact) mass is 1450 g/mol. The van der Waals surface area contributed by atoms with Crippen LogP contribution < -0.4 is 0 Å². The van der Waals surface area contributed by atoms with Crippen LogP contribution in [-0.2, 0) is 65.4 Å². The number of carbonyl (C=O) groups excluding carboxylic acids is 4. The molecule has 0 bridgehead atoms. The molecule has 0 aliphatic carbocycles. The molecule has 0 spiro atoms. The number of unbranched alkanes of at least 4 members (excludes halogenated alkanes) is 38. The maximum atomic E-state index is 13.1. The Morgan fingerprint density at radius 3 is 0.820 bits per heavy atom. The van der Waals surface area contributed by atoms with Crippen LogP contribution in [-0.4, -0.2) is 96.7 Å². The van der Waals surface area contributed by atoms with Gasteiger partial charge in [-0.15, -0.1) is 0 Å². The number of ether oxygens (including phenoxy) is 4. The topological polar surface area (TPSA) is 237 Å². The van der Waals surface area contributed by atoms with Crippen molar-refractivity contribution in [3.63, 3.8) is 0 Å². The van der Waals surface area contributed by atoms with E-state index in [1.165, 1.54) is 128 Å². The highest BCUT2D eigenvalue weighted by Crippen LogP contribution is 2.45. The Kier molecular flexibility index (Phi) is 71.2. The number of esters is 4. The number of hydrogen-bond acceptors (Lipinski definition) is 15. The van der Waals surface area contributed by atoms with E-state index in [-0.39, 0.29) is 25.7 Å². The molecule has 0 rings (SSSR count). The molecule has 5 atom stereocenters. The summed E-state index contributed by atoms with van der Waals surface area (Å²) in [6.45, 7) is 4.77. The third kappa shape index (κ3) is 72.8. The van der Waals surface area contributed by atoms with Crippen molar-refractivity contribution in [3.8, 4) is 0 Å². The van der Waals surface area contributed by atoms with Crippen molar-refractivity contribution in [1.29, 1.82) is 0 Å². The standard InChI is InChI=1S/C81H146O17P2/c1-5-9-13-17-21-25-29-33-35-36-37-38-40-43-46-50-54-58-62-66-79(84)92-72-77(98-81(86)68-64-60-56-52-48-44-39-34-30-26-22-18-14-10-6-2)74-96-100(89,90)94-70-75(82)69-93-99(87,88)95-73-76(97-80(85)67-63-59-55-51-47-42-32-28-24-20-16-12-8-4)71-91-78(83)65-61-57-53-49-45-41-31-27-23-19-15-11-7-3/h9,13,21-22,25-26,33-35,37-39,75-77,82H,5-8,10-12,14-20,23-24,27-32,36,40-74H2,1-4H3,(H,87,88)(H,89,90)/b13-9-,25-21-,26-22-,35-33-,38-37-,39-34-. The summed E-state index contributed by atoms with van der Waals surface area (Å²) in [4.78, 5) is 73.0. The summed E-state index contributed by atoms with van der Waals surface area (Å²) in [5.74, 6) is -2.17. The number of phosphoric acid groups is 2. The molecule has 19 heteroatoms. The molecule has 0 radical (unpaired) electrons. The Balaban J connectivity index is 5.33. The summed E-state index contributed by atoms with van der Waals surface area (Å²) in [6.07, 6.45) is 74.4. The Labute approximate surface area is 609 Å². The zero-order chi connectivity index (χ0) is 73.2. The fourth-order valence-electron chi connectivity index (χ4n) is 11.1. The number of allylic oxidation sites excluding steroid dienone is 12. The lowest BCUT2D eigenvalue weighted by molar-refractivity contribution is -0.161.